The molecule has 1 aliphatic heterocycles. The smallest absolute Gasteiger partial charge is 1.00 e. The van der Waals surface area contributed by atoms with Gasteiger partial charge in [0.1, 0.15) is 18.5 Å². The third-order valence-corrected chi connectivity index (χ3v) is 5.57. The van der Waals surface area contributed by atoms with Gasteiger partial charge in [-0.2, -0.15) is 0 Å². The number of allylic oxidation sites excluding steroid dienone is 1. The number of hydrogen-bond acceptors (Lipinski definition) is 4. The predicted molar refractivity (Wildman–Crippen MR) is 105 cm³/mol. The summed E-state index contributed by atoms with van der Waals surface area (Å²) in [5.41, 5.74) is 3.30. The van der Waals surface area contributed by atoms with Crippen molar-refractivity contribution in [1.82, 2.24) is 4.90 Å². The minimum atomic E-state index is -0.272. The first kappa shape index (κ1) is 21.5. The first-order valence-electron chi connectivity index (χ1n) is 9.53. The van der Waals surface area contributed by atoms with E-state index in [1.807, 2.05) is 12.1 Å². The number of rotatable bonds is 6. The highest BCUT2D eigenvalue weighted by Gasteiger charge is 2.45. The maximum atomic E-state index is 12.1. The van der Waals surface area contributed by atoms with Gasteiger partial charge in [-0.25, -0.2) is 4.79 Å². The summed E-state index contributed by atoms with van der Waals surface area (Å²) in [5, 5.41) is 0. The lowest BCUT2D eigenvalue weighted by atomic mass is 9.73. The van der Waals surface area contributed by atoms with Gasteiger partial charge < -0.3 is 26.8 Å². The van der Waals surface area contributed by atoms with E-state index in [1.54, 1.807) is 6.08 Å². The molecule has 1 heterocycles. The number of hydrogen-bond donors (Lipinski definition) is 0. The van der Waals surface area contributed by atoms with Crippen LogP contribution < -0.4 is 17.1 Å². The predicted octanol–water partition coefficient (Wildman–Crippen LogP) is 0.902. The van der Waals surface area contributed by atoms with Gasteiger partial charge in [-0.1, -0.05) is 43.7 Å². The SMILES string of the molecule is CCN(CC)CCOC(=O)/C=C1\C=CC2(C)c3cc(C)ccc3OC2C1.[Cl-].[H+]. The second-order valence-corrected chi connectivity index (χ2v) is 7.34. The van der Waals surface area contributed by atoms with Crippen LogP contribution in [0.25, 0.3) is 0 Å². The zero-order valence-corrected chi connectivity index (χ0v) is 17.4. The first-order valence-corrected chi connectivity index (χ1v) is 9.53. The lowest BCUT2D eigenvalue weighted by molar-refractivity contribution is -0.138. The molecule has 0 aromatic heterocycles. The molecule has 1 aromatic carbocycles. The van der Waals surface area contributed by atoms with Crippen LogP contribution in [-0.2, 0) is 14.9 Å². The van der Waals surface area contributed by atoms with Crippen LogP contribution in [0.1, 0.15) is 39.7 Å². The minimum absolute atomic E-state index is 0. The van der Waals surface area contributed by atoms with Crippen molar-refractivity contribution in [2.45, 2.75) is 45.6 Å². The molecule has 27 heavy (non-hydrogen) atoms. The largest absolute Gasteiger partial charge is 1.00 e. The highest BCUT2D eigenvalue weighted by atomic mass is 35.5. The van der Waals surface area contributed by atoms with Crippen LogP contribution >= 0.6 is 0 Å². The van der Waals surface area contributed by atoms with Crippen molar-refractivity contribution in [1.29, 1.82) is 0 Å². The number of fused-ring (bicyclic) bond motifs is 3. The number of carbonyl (C=O) groups is 1. The van der Waals surface area contributed by atoms with E-state index in [-0.39, 0.29) is 31.3 Å². The first-order chi connectivity index (χ1) is 12.5. The van der Waals surface area contributed by atoms with Gasteiger partial charge in [0.2, 0.25) is 0 Å². The quantitative estimate of drug-likeness (QED) is 0.533. The molecule has 0 saturated carbocycles. The number of aryl methyl sites for hydroxylation is 1. The van der Waals surface area contributed by atoms with E-state index < -0.39 is 0 Å². The fourth-order valence-corrected chi connectivity index (χ4v) is 3.74. The summed E-state index contributed by atoms with van der Waals surface area (Å²) in [6, 6.07) is 6.33. The fraction of sp³-hybridized carbons (Fsp3) is 0.500. The third-order valence-electron chi connectivity index (χ3n) is 5.57. The van der Waals surface area contributed by atoms with Gasteiger partial charge in [-0.3, -0.25) is 0 Å². The van der Waals surface area contributed by atoms with Gasteiger partial charge >= 0.3 is 7.40 Å². The number of ether oxygens (including phenoxy) is 2. The summed E-state index contributed by atoms with van der Waals surface area (Å²) < 4.78 is 11.5. The molecule has 2 atom stereocenters. The molecule has 1 aliphatic carbocycles. The topological polar surface area (TPSA) is 38.8 Å². The lowest BCUT2D eigenvalue weighted by Crippen LogP contribution is -3.00. The molecule has 0 N–H and O–H groups in total. The number of carbonyl (C=O) groups excluding carboxylic acids is 1. The Morgan fingerprint density at radius 1 is 1.41 bits per heavy atom. The van der Waals surface area contributed by atoms with Crippen molar-refractivity contribution in [3.63, 3.8) is 0 Å². The van der Waals surface area contributed by atoms with Crippen molar-refractivity contribution in [2.75, 3.05) is 26.2 Å². The van der Waals surface area contributed by atoms with Gasteiger partial charge in [0.15, 0.2) is 0 Å². The normalized spacial score (nSPS) is 24.2. The van der Waals surface area contributed by atoms with Crippen molar-refractivity contribution < 1.29 is 28.1 Å². The summed E-state index contributed by atoms with van der Waals surface area (Å²) in [5.74, 6) is 0.683. The highest BCUT2D eigenvalue weighted by Crippen LogP contribution is 2.48. The van der Waals surface area contributed by atoms with Crippen LogP contribution in [0, 0.1) is 6.92 Å². The van der Waals surface area contributed by atoms with E-state index >= 15 is 0 Å². The van der Waals surface area contributed by atoms with Crippen LogP contribution in [0.5, 0.6) is 5.75 Å². The third kappa shape index (κ3) is 4.56. The zero-order valence-electron chi connectivity index (χ0n) is 17.6. The van der Waals surface area contributed by atoms with Crippen LogP contribution in [-0.4, -0.2) is 43.2 Å². The zero-order chi connectivity index (χ0) is 18.7. The summed E-state index contributed by atoms with van der Waals surface area (Å²) >= 11 is 0. The molecular weight excluding hydrogens is 362 g/mol. The van der Waals surface area contributed by atoms with E-state index in [2.05, 4.69) is 50.8 Å². The van der Waals surface area contributed by atoms with E-state index in [0.29, 0.717) is 13.0 Å². The molecule has 1 aromatic rings. The molecule has 148 valence electrons. The molecule has 3 rings (SSSR count). The fourth-order valence-electron chi connectivity index (χ4n) is 3.74. The Balaban J connectivity index is 0.00000196. The number of halogens is 1. The van der Waals surface area contributed by atoms with E-state index in [0.717, 1.165) is 31.0 Å². The van der Waals surface area contributed by atoms with Gasteiger partial charge in [0.25, 0.3) is 0 Å². The molecule has 5 heteroatoms. The Hall–Kier alpha value is -1.78. The van der Waals surface area contributed by atoms with Gasteiger partial charge in [0.05, 0.1) is 5.41 Å². The maximum absolute atomic E-state index is 12.1. The van der Waals surface area contributed by atoms with Crippen LogP contribution in [0.15, 0.2) is 42.0 Å². The Labute approximate surface area is 170 Å². The number of nitrogens with zero attached hydrogens (tertiary/aromatic N) is 1. The maximum Gasteiger partial charge on any atom is 1.00 e. The summed E-state index contributed by atoms with van der Waals surface area (Å²) in [6.07, 6.45) is 6.56. The average Bonchev–Trinajstić information content (AvgIpc) is 2.91. The van der Waals surface area contributed by atoms with Crippen LogP contribution in [0.3, 0.4) is 0 Å². The van der Waals surface area contributed by atoms with Crippen molar-refractivity contribution >= 4 is 5.97 Å². The second kappa shape index (κ2) is 8.94. The molecule has 2 unspecified atom stereocenters. The molecule has 0 spiro atoms. The van der Waals surface area contributed by atoms with Gasteiger partial charge in [-0.15, -0.1) is 0 Å². The summed E-state index contributed by atoms with van der Waals surface area (Å²) in [4.78, 5) is 14.3. The standard InChI is InChI=1S/C22H29NO3.ClH/c1-5-23(6-2)11-12-25-21(24)15-17-9-10-22(4)18-13-16(3)7-8-19(18)26-20(22)14-17;/h7-10,13,15,20H,5-6,11-12,14H2,1-4H3;1H/b17-15+;. The van der Waals surface area contributed by atoms with Gasteiger partial charge in [0, 0.05) is 24.6 Å². The summed E-state index contributed by atoms with van der Waals surface area (Å²) in [7, 11) is 0. The van der Waals surface area contributed by atoms with E-state index in [9.17, 15) is 4.79 Å². The number of esters is 1. The lowest BCUT2D eigenvalue weighted by Gasteiger charge is -2.31. The number of benzene rings is 1. The van der Waals surface area contributed by atoms with E-state index in [4.69, 9.17) is 9.47 Å². The molecule has 0 bridgehead atoms. The molecule has 4 nitrogen and oxygen atoms in total. The Morgan fingerprint density at radius 3 is 2.85 bits per heavy atom. The Morgan fingerprint density at radius 2 is 2.15 bits per heavy atom. The molecule has 0 amide bonds. The minimum Gasteiger partial charge on any atom is -1.00 e. The van der Waals surface area contributed by atoms with Crippen LogP contribution in [0.2, 0.25) is 0 Å². The Kier molecular flexibility index (Phi) is 7.12. The number of likely N-dealkylation sites (N-methyl/N-ethyl adjacent to an activating group) is 1. The highest BCUT2D eigenvalue weighted by molar-refractivity contribution is 5.83. The van der Waals surface area contributed by atoms with Gasteiger partial charge in [-0.05, 0) is 38.6 Å². The molecule has 0 radical (unpaired) electrons. The Bertz CT molecular complexity index is 745. The van der Waals surface area contributed by atoms with Crippen molar-refractivity contribution in [3.05, 3.63) is 53.1 Å². The molecule has 0 saturated heterocycles. The molecule has 0 fully saturated rings. The summed E-state index contributed by atoms with van der Waals surface area (Å²) in [6.45, 7) is 11.7. The monoisotopic (exact) mass is 391 g/mol. The average molecular weight is 392 g/mol. The van der Waals surface area contributed by atoms with Crippen molar-refractivity contribution in [3.8, 4) is 5.75 Å². The van der Waals surface area contributed by atoms with Crippen molar-refractivity contribution in [2.24, 2.45) is 0 Å². The second-order valence-electron chi connectivity index (χ2n) is 7.34. The molecule has 2 aliphatic rings. The molecular formula is C22H30ClNO3. The van der Waals surface area contributed by atoms with E-state index in [1.165, 1.54) is 11.1 Å². The van der Waals surface area contributed by atoms with Crippen LogP contribution in [0.4, 0.5) is 0 Å².